The van der Waals surface area contributed by atoms with E-state index in [4.69, 9.17) is 10.7 Å². The second-order valence-electron chi connectivity index (χ2n) is 4.29. The topological polar surface area (TPSA) is 81.1 Å². The van der Waals surface area contributed by atoms with Crippen molar-refractivity contribution < 1.29 is 13.2 Å². The van der Waals surface area contributed by atoms with Crippen LogP contribution in [0.5, 0.6) is 0 Å². The van der Waals surface area contributed by atoms with Gasteiger partial charge >= 0.3 is 0 Å². The van der Waals surface area contributed by atoms with Crippen molar-refractivity contribution in [2.45, 2.75) is 50.7 Å². The molecule has 1 aromatic rings. The first kappa shape index (κ1) is 16.0. The second kappa shape index (κ2) is 6.38. The minimum Gasteiger partial charge on any atom is -0.352 e. The lowest BCUT2D eigenvalue weighted by molar-refractivity contribution is -0.124. The molecule has 0 fully saturated rings. The summed E-state index contributed by atoms with van der Waals surface area (Å²) in [7, 11) is 1.32. The van der Waals surface area contributed by atoms with Gasteiger partial charge in [0.1, 0.15) is 6.04 Å². The molecule has 0 radical (unpaired) electrons. The quantitative estimate of drug-likeness (QED) is 0.811. The molecule has 1 heterocycles. The number of amides is 1. The van der Waals surface area contributed by atoms with Gasteiger partial charge in [-0.3, -0.25) is 4.79 Å². The molecule has 19 heavy (non-hydrogen) atoms. The summed E-state index contributed by atoms with van der Waals surface area (Å²) in [5, 5.41) is 2.64. The van der Waals surface area contributed by atoms with Gasteiger partial charge in [-0.2, -0.15) is 0 Å². The number of carbonyl (C=O) groups is 1. The first-order valence-electron chi connectivity index (χ1n) is 6.08. The van der Waals surface area contributed by atoms with Crippen LogP contribution in [0.2, 0.25) is 0 Å². The molecule has 1 aromatic heterocycles. The lowest BCUT2D eigenvalue weighted by atomic mass is 10.1. The number of nitrogens with one attached hydrogen (secondary N) is 1. The Hall–Kier alpha value is -1.08. The number of nitrogens with zero attached hydrogens (tertiary/aromatic N) is 2. The Morgan fingerprint density at radius 2 is 2.05 bits per heavy atom. The van der Waals surface area contributed by atoms with Crippen molar-refractivity contribution in [2.24, 2.45) is 0 Å². The fourth-order valence-corrected chi connectivity index (χ4v) is 2.27. The Balaban J connectivity index is 2.80. The molecule has 1 unspecified atom stereocenters. The highest BCUT2D eigenvalue weighted by atomic mass is 35.7. The first-order valence-corrected chi connectivity index (χ1v) is 8.39. The Labute approximate surface area is 117 Å². The number of hydrogen-bond donors (Lipinski definition) is 1. The number of aromatic nitrogens is 2. The molecule has 0 aromatic carbocycles. The molecule has 108 valence electrons. The molecule has 0 spiro atoms. The highest BCUT2D eigenvalue weighted by Crippen LogP contribution is 2.15. The van der Waals surface area contributed by atoms with E-state index in [-0.39, 0.29) is 17.0 Å². The van der Waals surface area contributed by atoms with Crippen LogP contribution in [-0.4, -0.2) is 29.9 Å². The molecular formula is C11H18ClN3O3S. The average Bonchev–Trinajstić information content (AvgIpc) is 2.83. The van der Waals surface area contributed by atoms with Crippen LogP contribution in [-0.2, 0) is 13.8 Å². The minimum absolute atomic E-state index is 0.120. The molecule has 0 bridgehead atoms. The third-order valence-corrected chi connectivity index (χ3v) is 4.17. The van der Waals surface area contributed by atoms with Crippen LogP contribution < -0.4 is 5.32 Å². The normalized spacial score (nSPS) is 13.5. The van der Waals surface area contributed by atoms with Gasteiger partial charge in [0.25, 0.3) is 9.05 Å². The van der Waals surface area contributed by atoms with E-state index < -0.39 is 15.1 Å². The van der Waals surface area contributed by atoms with Gasteiger partial charge in [0.15, 0.2) is 5.03 Å². The van der Waals surface area contributed by atoms with Gasteiger partial charge in [0.05, 0.1) is 6.33 Å². The van der Waals surface area contributed by atoms with Crippen LogP contribution in [0, 0.1) is 0 Å². The fraction of sp³-hybridized carbons (Fsp3) is 0.636. The zero-order valence-electron chi connectivity index (χ0n) is 11.1. The van der Waals surface area contributed by atoms with Crippen molar-refractivity contribution in [3.05, 3.63) is 12.5 Å². The molecule has 6 nitrogen and oxygen atoms in total. The van der Waals surface area contributed by atoms with Crippen molar-refractivity contribution in [1.29, 1.82) is 0 Å². The molecule has 8 heteroatoms. The van der Waals surface area contributed by atoms with E-state index in [1.807, 2.05) is 13.8 Å². The van der Waals surface area contributed by atoms with Gasteiger partial charge in [-0.25, -0.2) is 13.4 Å². The smallest absolute Gasteiger partial charge is 0.280 e. The average molecular weight is 308 g/mol. The van der Waals surface area contributed by atoms with Gasteiger partial charge in [0, 0.05) is 22.9 Å². The van der Waals surface area contributed by atoms with Crippen molar-refractivity contribution in [3.63, 3.8) is 0 Å². The Morgan fingerprint density at radius 1 is 1.47 bits per heavy atom. The highest BCUT2D eigenvalue weighted by Gasteiger charge is 2.20. The molecule has 0 saturated carbocycles. The Bertz CT molecular complexity index is 537. The van der Waals surface area contributed by atoms with Crippen LogP contribution in [0.25, 0.3) is 0 Å². The summed E-state index contributed by atoms with van der Waals surface area (Å²) in [4.78, 5) is 15.7. The van der Waals surface area contributed by atoms with Gasteiger partial charge in [-0.05, 0) is 19.8 Å². The summed E-state index contributed by atoms with van der Waals surface area (Å²) in [6.45, 7) is 5.66. The van der Waals surface area contributed by atoms with Crippen LogP contribution in [0.4, 0.5) is 0 Å². The van der Waals surface area contributed by atoms with Crippen molar-refractivity contribution >= 4 is 25.6 Å². The van der Waals surface area contributed by atoms with E-state index >= 15 is 0 Å². The molecular weight excluding hydrogens is 290 g/mol. The van der Waals surface area contributed by atoms with E-state index in [0.29, 0.717) is 0 Å². The van der Waals surface area contributed by atoms with Gasteiger partial charge in [-0.15, -0.1) is 0 Å². The van der Waals surface area contributed by atoms with E-state index in [1.54, 1.807) is 6.92 Å². The predicted octanol–water partition coefficient (Wildman–Crippen LogP) is 1.68. The van der Waals surface area contributed by atoms with Crippen LogP contribution >= 0.6 is 10.7 Å². The van der Waals surface area contributed by atoms with Crippen molar-refractivity contribution in [2.75, 3.05) is 0 Å². The monoisotopic (exact) mass is 307 g/mol. The third-order valence-electron chi connectivity index (χ3n) is 2.99. The fourth-order valence-electron chi connectivity index (χ4n) is 1.61. The molecule has 0 saturated heterocycles. The van der Waals surface area contributed by atoms with E-state index in [2.05, 4.69) is 10.3 Å². The van der Waals surface area contributed by atoms with Crippen molar-refractivity contribution in [3.8, 4) is 0 Å². The summed E-state index contributed by atoms with van der Waals surface area (Å²) >= 11 is 0. The van der Waals surface area contributed by atoms with Gasteiger partial charge in [0.2, 0.25) is 5.91 Å². The molecule has 0 aliphatic rings. The summed E-state index contributed by atoms with van der Waals surface area (Å²) in [6, 6.07) is -0.421. The zero-order valence-corrected chi connectivity index (χ0v) is 12.7. The molecule has 1 rings (SSSR count). The number of hydrogen-bond acceptors (Lipinski definition) is 4. The number of imidazole rings is 1. The maximum Gasteiger partial charge on any atom is 0.280 e. The second-order valence-corrected chi connectivity index (χ2v) is 6.81. The summed E-state index contributed by atoms with van der Waals surface area (Å²) in [6.07, 6.45) is 4.23. The standard InChI is InChI=1S/C11H18ClN3O3S/c1-4-9(5-2)14-11(16)8(3)15-6-10(13-7-15)19(12,17)18/h6-9H,4-5H2,1-3H3,(H,14,16). The largest absolute Gasteiger partial charge is 0.352 e. The Morgan fingerprint density at radius 3 is 2.47 bits per heavy atom. The molecule has 1 amide bonds. The SMILES string of the molecule is CCC(CC)NC(=O)C(C)n1cnc(S(=O)(=O)Cl)c1. The summed E-state index contributed by atoms with van der Waals surface area (Å²) < 4.78 is 23.6. The van der Waals surface area contributed by atoms with E-state index in [9.17, 15) is 13.2 Å². The van der Waals surface area contributed by atoms with Gasteiger partial charge in [-0.1, -0.05) is 13.8 Å². The lowest BCUT2D eigenvalue weighted by Gasteiger charge is -2.19. The first-order chi connectivity index (χ1) is 8.79. The number of rotatable bonds is 6. The maximum absolute atomic E-state index is 12.0. The summed E-state index contributed by atoms with van der Waals surface area (Å²) in [5.74, 6) is -0.176. The maximum atomic E-state index is 12.0. The lowest BCUT2D eigenvalue weighted by Crippen LogP contribution is -2.38. The molecule has 1 N–H and O–H groups in total. The third kappa shape index (κ3) is 4.21. The van der Waals surface area contributed by atoms with Gasteiger partial charge < -0.3 is 9.88 Å². The summed E-state index contributed by atoms with van der Waals surface area (Å²) in [5.41, 5.74) is 0. The Kier molecular flexibility index (Phi) is 5.37. The minimum atomic E-state index is -3.87. The number of halogens is 1. The number of carbonyl (C=O) groups excluding carboxylic acids is 1. The predicted molar refractivity (Wildman–Crippen MR) is 72.5 cm³/mol. The van der Waals surface area contributed by atoms with E-state index in [1.165, 1.54) is 17.1 Å². The highest BCUT2D eigenvalue weighted by molar-refractivity contribution is 8.13. The zero-order chi connectivity index (χ0) is 14.6. The molecule has 0 aliphatic heterocycles. The van der Waals surface area contributed by atoms with Crippen LogP contribution in [0.3, 0.4) is 0 Å². The van der Waals surface area contributed by atoms with Crippen LogP contribution in [0.15, 0.2) is 17.6 Å². The van der Waals surface area contributed by atoms with Crippen LogP contribution in [0.1, 0.15) is 39.7 Å². The van der Waals surface area contributed by atoms with E-state index in [0.717, 1.165) is 12.8 Å². The van der Waals surface area contributed by atoms with Crippen molar-refractivity contribution in [1.82, 2.24) is 14.9 Å². The molecule has 0 aliphatic carbocycles. The molecule has 1 atom stereocenters.